The number of hydrogen-bond acceptors (Lipinski definition) is 5. The number of ether oxygens (including phenoxy) is 2. The van der Waals surface area contributed by atoms with Crippen LogP contribution in [0.2, 0.25) is 0 Å². The van der Waals surface area contributed by atoms with Crippen LogP contribution in [0.1, 0.15) is 46.1 Å². The number of benzene rings is 1. The van der Waals surface area contributed by atoms with E-state index in [1.165, 1.54) is 12.7 Å². The van der Waals surface area contributed by atoms with Gasteiger partial charge >= 0.3 is 12.1 Å². The largest absolute Gasteiger partial charge is 0.467 e. The van der Waals surface area contributed by atoms with E-state index in [1.807, 2.05) is 45.9 Å². The molecule has 6 nitrogen and oxygen atoms in total. The second-order valence-electron chi connectivity index (χ2n) is 7.93. The Morgan fingerprint density at radius 3 is 2.37 bits per heavy atom. The average molecular weight is 376 g/mol. The zero-order valence-electron chi connectivity index (χ0n) is 17.1. The minimum absolute atomic E-state index is 0.132. The van der Waals surface area contributed by atoms with Gasteiger partial charge in [-0.2, -0.15) is 0 Å². The van der Waals surface area contributed by atoms with E-state index < -0.39 is 23.7 Å². The fourth-order valence-electron chi connectivity index (χ4n) is 3.58. The number of amides is 1. The molecule has 0 unspecified atom stereocenters. The summed E-state index contributed by atoms with van der Waals surface area (Å²) in [7, 11) is 1.37. The molecular weight excluding hydrogens is 344 g/mol. The Labute approximate surface area is 162 Å². The Morgan fingerprint density at radius 1 is 1.15 bits per heavy atom. The van der Waals surface area contributed by atoms with Crippen molar-refractivity contribution in [3.05, 3.63) is 35.9 Å². The van der Waals surface area contributed by atoms with Crippen molar-refractivity contribution >= 4 is 12.1 Å². The highest BCUT2D eigenvalue weighted by Gasteiger charge is 2.42. The molecule has 0 saturated carbocycles. The molecule has 6 heteroatoms. The number of nitrogens with zero attached hydrogens (tertiary/aromatic N) is 2. The maximum atomic E-state index is 12.8. The minimum atomic E-state index is -0.680. The SMILES string of the molecule is CC[C@@H]1[C@@H](C(=O)OC)N(C(=O)OC(C)(C)C)CCCN1Cc1ccccc1. The van der Waals surface area contributed by atoms with E-state index in [2.05, 4.69) is 17.0 Å². The lowest BCUT2D eigenvalue weighted by atomic mass is 10.0. The molecule has 1 aliphatic rings. The highest BCUT2D eigenvalue weighted by Crippen LogP contribution is 2.25. The Hall–Kier alpha value is -2.08. The van der Waals surface area contributed by atoms with Crippen molar-refractivity contribution < 1.29 is 19.1 Å². The van der Waals surface area contributed by atoms with Crippen LogP contribution in [0.25, 0.3) is 0 Å². The molecule has 0 bridgehead atoms. The van der Waals surface area contributed by atoms with Crippen molar-refractivity contribution in [1.82, 2.24) is 9.80 Å². The number of methoxy groups -OCH3 is 1. The monoisotopic (exact) mass is 376 g/mol. The molecule has 0 radical (unpaired) electrons. The summed E-state index contributed by atoms with van der Waals surface area (Å²) in [5.74, 6) is -0.396. The molecule has 1 amide bonds. The van der Waals surface area contributed by atoms with Crippen molar-refractivity contribution in [1.29, 1.82) is 0 Å². The smallest absolute Gasteiger partial charge is 0.411 e. The molecule has 2 atom stereocenters. The van der Waals surface area contributed by atoms with E-state index in [0.29, 0.717) is 6.54 Å². The van der Waals surface area contributed by atoms with E-state index in [4.69, 9.17) is 9.47 Å². The quantitative estimate of drug-likeness (QED) is 0.754. The molecule has 0 aliphatic carbocycles. The third-order valence-corrected chi connectivity index (χ3v) is 4.73. The van der Waals surface area contributed by atoms with Crippen molar-refractivity contribution in [2.45, 2.75) is 64.8 Å². The lowest BCUT2D eigenvalue weighted by Crippen LogP contribution is -2.56. The predicted molar refractivity (Wildman–Crippen MR) is 104 cm³/mol. The zero-order valence-corrected chi connectivity index (χ0v) is 17.1. The van der Waals surface area contributed by atoms with E-state index in [9.17, 15) is 9.59 Å². The standard InChI is InChI=1S/C21H32N2O4/c1-6-17-18(19(24)26-5)23(20(25)27-21(2,3)4)14-10-13-22(17)15-16-11-8-7-9-12-16/h7-9,11-12,17-18H,6,10,13-15H2,1-5H3/t17-,18+/m1/s1. The molecule has 0 aromatic heterocycles. The summed E-state index contributed by atoms with van der Waals surface area (Å²) < 4.78 is 10.6. The third-order valence-electron chi connectivity index (χ3n) is 4.73. The van der Waals surface area contributed by atoms with Gasteiger partial charge in [0.1, 0.15) is 11.6 Å². The number of esters is 1. The molecule has 0 N–H and O–H groups in total. The van der Waals surface area contributed by atoms with Crippen molar-refractivity contribution in [2.24, 2.45) is 0 Å². The maximum Gasteiger partial charge on any atom is 0.411 e. The van der Waals surface area contributed by atoms with E-state index in [0.717, 1.165) is 25.9 Å². The van der Waals surface area contributed by atoms with Gasteiger partial charge in [-0.3, -0.25) is 9.80 Å². The summed E-state index contributed by atoms with van der Waals surface area (Å²) in [5, 5.41) is 0. The minimum Gasteiger partial charge on any atom is -0.467 e. The van der Waals surface area contributed by atoms with Crippen molar-refractivity contribution in [3.8, 4) is 0 Å². The molecule has 1 aromatic carbocycles. The van der Waals surface area contributed by atoms with E-state index in [-0.39, 0.29) is 6.04 Å². The Morgan fingerprint density at radius 2 is 1.81 bits per heavy atom. The summed E-state index contributed by atoms with van der Waals surface area (Å²) in [6, 6.07) is 9.36. The first-order valence-corrected chi connectivity index (χ1v) is 9.62. The number of hydrogen-bond donors (Lipinski definition) is 0. The zero-order chi connectivity index (χ0) is 20.0. The van der Waals surface area contributed by atoms with E-state index >= 15 is 0 Å². The van der Waals surface area contributed by atoms with Gasteiger partial charge in [0.25, 0.3) is 0 Å². The Kier molecular flexibility index (Phi) is 7.25. The lowest BCUT2D eigenvalue weighted by Gasteiger charge is -2.37. The summed E-state index contributed by atoms with van der Waals surface area (Å²) in [6.07, 6.45) is 1.04. The molecule has 2 rings (SSSR count). The van der Waals surface area contributed by atoms with Crippen molar-refractivity contribution in [2.75, 3.05) is 20.2 Å². The van der Waals surface area contributed by atoms with Crippen LogP contribution in [-0.4, -0.2) is 59.7 Å². The van der Waals surface area contributed by atoms with E-state index in [1.54, 1.807) is 4.90 Å². The van der Waals surface area contributed by atoms with Gasteiger partial charge in [-0.15, -0.1) is 0 Å². The van der Waals surface area contributed by atoms with Crippen LogP contribution in [-0.2, 0) is 20.8 Å². The normalized spacial score (nSPS) is 21.4. The molecule has 1 aliphatic heterocycles. The lowest BCUT2D eigenvalue weighted by molar-refractivity contribution is -0.149. The Bertz CT molecular complexity index is 627. The third kappa shape index (κ3) is 5.70. The highest BCUT2D eigenvalue weighted by atomic mass is 16.6. The van der Waals surface area contributed by atoms with Crippen LogP contribution in [0.5, 0.6) is 0 Å². The maximum absolute atomic E-state index is 12.8. The van der Waals surface area contributed by atoms with Gasteiger partial charge in [-0.1, -0.05) is 37.3 Å². The average Bonchev–Trinajstić information content (AvgIpc) is 2.79. The highest BCUT2D eigenvalue weighted by molar-refractivity contribution is 5.82. The van der Waals surface area contributed by atoms with Gasteiger partial charge in [0, 0.05) is 25.7 Å². The molecule has 1 saturated heterocycles. The molecule has 150 valence electrons. The summed E-state index contributed by atoms with van der Waals surface area (Å²) in [6.45, 7) is 9.53. The summed E-state index contributed by atoms with van der Waals surface area (Å²) in [4.78, 5) is 29.3. The van der Waals surface area contributed by atoms with Gasteiger partial charge in [-0.25, -0.2) is 9.59 Å². The van der Waals surface area contributed by atoms with Gasteiger partial charge in [-0.05, 0) is 39.2 Å². The number of carbonyl (C=O) groups is 2. The molecular formula is C21H32N2O4. The molecule has 0 spiro atoms. The van der Waals surface area contributed by atoms with Crippen LogP contribution in [0.4, 0.5) is 4.79 Å². The van der Waals surface area contributed by atoms with Gasteiger partial charge in [0.05, 0.1) is 7.11 Å². The topological polar surface area (TPSA) is 59.1 Å². The van der Waals surface area contributed by atoms with Gasteiger partial charge < -0.3 is 9.47 Å². The van der Waals surface area contributed by atoms with Crippen LogP contribution in [0.15, 0.2) is 30.3 Å². The fourth-order valence-corrected chi connectivity index (χ4v) is 3.58. The van der Waals surface area contributed by atoms with Crippen LogP contribution >= 0.6 is 0 Å². The molecule has 1 heterocycles. The second-order valence-corrected chi connectivity index (χ2v) is 7.93. The second kappa shape index (κ2) is 9.22. The molecule has 1 fully saturated rings. The number of carbonyl (C=O) groups excluding carboxylic acids is 2. The van der Waals surface area contributed by atoms with Crippen LogP contribution < -0.4 is 0 Å². The van der Waals surface area contributed by atoms with Gasteiger partial charge in [0.15, 0.2) is 0 Å². The first-order chi connectivity index (χ1) is 12.8. The number of rotatable bonds is 4. The molecule has 27 heavy (non-hydrogen) atoms. The van der Waals surface area contributed by atoms with Crippen molar-refractivity contribution in [3.63, 3.8) is 0 Å². The predicted octanol–water partition coefficient (Wildman–Crippen LogP) is 3.45. The first-order valence-electron chi connectivity index (χ1n) is 9.62. The first kappa shape index (κ1) is 21.2. The summed E-state index contributed by atoms with van der Waals surface area (Å²) in [5.41, 5.74) is 0.570. The van der Waals surface area contributed by atoms with Crippen LogP contribution in [0, 0.1) is 0 Å². The Balaban J connectivity index is 2.30. The fraction of sp³-hybridized carbons (Fsp3) is 0.619. The molecule has 1 aromatic rings. The summed E-state index contributed by atoms with van der Waals surface area (Å²) >= 11 is 0. The van der Waals surface area contributed by atoms with Gasteiger partial charge in [0.2, 0.25) is 0 Å². The van der Waals surface area contributed by atoms with Crippen LogP contribution in [0.3, 0.4) is 0 Å².